The molecule has 1 aliphatic heterocycles. The van der Waals surface area contributed by atoms with Gasteiger partial charge in [0.1, 0.15) is 6.04 Å². The number of methoxy groups -OCH3 is 1. The molecular weight excluding hydrogens is 210 g/mol. The summed E-state index contributed by atoms with van der Waals surface area (Å²) < 4.78 is 27.8. The van der Waals surface area contributed by atoms with E-state index in [1.54, 1.807) is 0 Å². The van der Waals surface area contributed by atoms with Crippen molar-refractivity contribution < 1.29 is 23.1 Å². The van der Waals surface area contributed by atoms with E-state index in [9.17, 15) is 18.3 Å². The summed E-state index contributed by atoms with van der Waals surface area (Å²) in [5, 5.41) is 9.26. The lowest BCUT2D eigenvalue weighted by Crippen LogP contribution is -2.40. The van der Waals surface area contributed by atoms with E-state index >= 15 is 0 Å². The van der Waals surface area contributed by atoms with Crippen LogP contribution >= 0.6 is 0 Å². The number of esters is 1. The Morgan fingerprint density at radius 2 is 2.14 bits per heavy atom. The number of carbonyl (C=O) groups excluding carboxylic acids is 1. The molecule has 1 saturated heterocycles. The van der Waals surface area contributed by atoms with Gasteiger partial charge < -0.3 is 9.84 Å². The van der Waals surface area contributed by atoms with Crippen molar-refractivity contribution >= 4 is 16.0 Å². The Hall–Kier alpha value is -0.660. The summed E-state index contributed by atoms with van der Waals surface area (Å²) >= 11 is 0. The molecule has 0 unspecified atom stereocenters. The van der Waals surface area contributed by atoms with Crippen LogP contribution in [-0.2, 0) is 19.6 Å². The van der Waals surface area contributed by atoms with Gasteiger partial charge >= 0.3 is 5.97 Å². The van der Waals surface area contributed by atoms with Crippen LogP contribution < -0.4 is 0 Å². The van der Waals surface area contributed by atoms with Crippen molar-refractivity contribution in [2.24, 2.45) is 0 Å². The van der Waals surface area contributed by atoms with Crippen LogP contribution in [0.3, 0.4) is 0 Å². The zero-order valence-electron chi connectivity index (χ0n) is 8.00. The molecule has 0 saturated carbocycles. The van der Waals surface area contributed by atoms with Gasteiger partial charge in [0.05, 0.1) is 19.5 Å². The number of aliphatic hydroxyl groups excluding tert-OH is 1. The van der Waals surface area contributed by atoms with Crippen molar-refractivity contribution in [3.63, 3.8) is 0 Å². The van der Waals surface area contributed by atoms with E-state index in [0.717, 1.165) is 10.6 Å². The molecule has 0 spiro atoms. The second kappa shape index (κ2) is 3.84. The average molecular weight is 223 g/mol. The Bertz CT molecular complexity index is 325. The maximum atomic E-state index is 11.2. The molecule has 0 aliphatic carbocycles. The van der Waals surface area contributed by atoms with Crippen LogP contribution in [0.5, 0.6) is 0 Å². The number of hydrogen-bond acceptors (Lipinski definition) is 5. The molecule has 82 valence electrons. The Balaban J connectivity index is 2.89. The molecule has 7 heteroatoms. The largest absolute Gasteiger partial charge is 0.468 e. The van der Waals surface area contributed by atoms with E-state index in [-0.39, 0.29) is 13.0 Å². The molecular formula is C7H13NO5S. The molecule has 14 heavy (non-hydrogen) atoms. The van der Waals surface area contributed by atoms with Gasteiger partial charge in [0.25, 0.3) is 0 Å². The molecule has 1 N–H and O–H groups in total. The van der Waals surface area contributed by atoms with Gasteiger partial charge in [0, 0.05) is 13.0 Å². The SMILES string of the molecule is COC(=O)[C@H]1C[C@H](O)CN1S(C)(=O)=O. The first-order valence-corrected chi connectivity index (χ1v) is 5.94. The first kappa shape index (κ1) is 11.4. The van der Waals surface area contributed by atoms with Gasteiger partial charge in [-0.15, -0.1) is 0 Å². The molecule has 2 atom stereocenters. The van der Waals surface area contributed by atoms with Crippen molar-refractivity contribution in [1.82, 2.24) is 4.31 Å². The summed E-state index contributed by atoms with van der Waals surface area (Å²) in [6, 6.07) is -0.884. The summed E-state index contributed by atoms with van der Waals surface area (Å²) in [6.45, 7) is -0.0431. The van der Waals surface area contributed by atoms with Crippen LogP contribution in [0.2, 0.25) is 0 Å². The minimum absolute atomic E-state index is 0.0431. The zero-order valence-corrected chi connectivity index (χ0v) is 8.82. The molecule has 1 rings (SSSR count). The van der Waals surface area contributed by atoms with E-state index < -0.39 is 28.1 Å². The fraction of sp³-hybridized carbons (Fsp3) is 0.857. The van der Waals surface area contributed by atoms with Gasteiger partial charge in [-0.3, -0.25) is 4.79 Å². The topological polar surface area (TPSA) is 83.9 Å². The Kier molecular flexibility index (Phi) is 3.13. The van der Waals surface area contributed by atoms with Gasteiger partial charge in [0.15, 0.2) is 0 Å². The smallest absolute Gasteiger partial charge is 0.324 e. The van der Waals surface area contributed by atoms with E-state index in [1.165, 1.54) is 7.11 Å². The second-order valence-corrected chi connectivity index (χ2v) is 5.20. The number of β-amino-alcohol motifs (C(OH)–C–C–N with tert-alkyl or cyclic N) is 1. The molecule has 6 nitrogen and oxygen atoms in total. The number of hydrogen-bond donors (Lipinski definition) is 1. The summed E-state index contributed by atoms with van der Waals surface area (Å²) in [5.41, 5.74) is 0. The highest BCUT2D eigenvalue weighted by Crippen LogP contribution is 2.21. The maximum absolute atomic E-state index is 11.2. The number of carbonyl (C=O) groups is 1. The lowest BCUT2D eigenvalue weighted by atomic mass is 10.2. The summed E-state index contributed by atoms with van der Waals surface area (Å²) in [7, 11) is -2.28. The van der Waals surface area contributed by atoms with Crippen molar-refractivity contribution in [1.29, 1.82) is 0 Å². The van der Waals surface area contributed by atoms with E-state index in [2.05, 4.69) is 4.74 Å². The van der Waals surface area contributed by atoms with Crippen LogP contribution in [0.15, 0.2) is 0 Å². The third-order valence-corrected chi connectivity index (χ3v) is 3.39. The molecule has 0 aromatic rings. The average Bonchev–Trinajstić information content (AvgIpc) is 2.45. The molecule has 1 aliphatic rings. The summed E-state index contributed by atoms with van der Waals surface area (Å²) in [6.07, 6.45) is 0.301. The minimum Gasteiger partial charge on any atom is -0.468 e. The first-order chi connectivity index (χ1) is 6.36. The standard InChI is InChI=1S/C7H13NO5S/c1-13-7(10)6-3-5(9)4-8(6)14(2,11)12/h5-6,9H,3-4H2,1-2H3/t5-,6+/m0/s1. The molecule has 0 bridgehead atoms. The minimum atomic E-state index is -3.47. The van der Waals surface area contributed by atoms with E-state index in [1.807, 2.05) is 0 Å². The van der Waals surface area contributed by atoms with Crippen molar-refractivity contribution in [2.75, 3.05) is 19.9 Å². The number of rotatable bonds is 2. The van der Waals surface area contributed by atoms with E-state index in [0.29, 0.717) is 0 Å². The monoisotopic (exact) mass is 223 g/mol. The van der Waals surface area contributed by atoms with Crippen LogP contribution in [-0.4, -0.2) is 55.9 Å². The normalized spacial score (nSPS) is 29.1. The first-order valence-electron chi connectivity index (χ1n) is 4.09. The number of nitrogens with zero attached hydrogens (tertiary/aromatic N) is 1. The fourth-order valence-corrected chi connectivity index (χ4v) is 2.58. The zero-order chi connectivity index (χ0) is 10.9. The van der Waals surface area contributed by atoms with Gasteiger partial charge in [-0.05, 0) is 0 Å². The third kappa shape index (κ3) is 2.23. The number of ether oxygens (including phenoxy) is 1. The number of aliphatic hydroxyl groups is 1. The molecule has 1 heterocycles. The van der Waals surface area contributed by atoms with Crippen molar-refractivity contribution in [2.45, 2.75) is 18.6 Å². The highest BCUT2D eigenvalue weighted by Gasteiger charge is 2.41. The van der Waals surface area contributed by atoms with Crippen molar-refractivity contribution in [3.8, 4) is 0 Å². The van der Waals surface area contributed by atoms with Crippen LogP contribution in [0.25, 0.3) is 0 Å². The van der Waals surface area contributed by atoms with Crippen LogP contribution in [0, 0.1) is 0 Å². The Morgan fingerprint density at radius 1 is 1.57 bits per heavy atom. The Morgan fingerprint density at radius 3 is 2.57 bits per heavy atom. The van der Waals surface area contributed by atoms with Gasteiger partial charge in [-0.25, -0.2) is 8.42 Å². The summed E-state index contributed by atoms with van der Waals surface area (Å²) in [4.78, 5) is 11.2. The lowest BCUT2D eigenvalue weighted by Gasteiger charge is -2.18. The quantitative estimate of drug-likeness (QED) is 0.579. The molecule has 0 amide bonds. The Labute approximate surface area is 82.5 Å². The van der Waals surface area contributed by atoms with Crippen LogP contribution in [0.1, 0.15) is 6.42 Å². The molecule has 0 aromatic heterocycles. The third-order valence-electron chi connectivity index (χ3n) is 2.13. The molecule has 0 aromatic carbocycles. The van der Waals surface area contributed by atoms with Crippen molar-refractivity contribution in [3.05, 3.63) is 0 Å². The van der Waals surface area contributed by atoms with Gasteiger partial charge in [-0.2, -0.15) is 4.31 Å². The van der Waals surface area contributed by atoms with Crippen LogP contribution in [0.4, 0.5) is 0 Å². The fourth-order valence-electron chi connectivity index (χ4n) is 1.50. The molecule has 0 radical (unpaired) electrons. The predicted molar refractivity (Wildman–Crippen MR) is 48.0 cm³/mol. The highest BCUT2D eigenvalue weighted by molar-refractivity contribution is 7.88. The lowest BCUT2D eigenvalue weighted by molar-refractivity contribution is -0.144. The maximum Gasteiger partial charge on any atom is 0.324 e. The second-order valence-electron chi connectivity index (χ2n) is 3.26. The highest BCUT2D eigenvalue weighted by atomic mass is 32.2. The number of sulfonamides is 1. The van der Waals surface area contributed by atoms with Gasteiger partial charge in [-0.1, -0.05) is 0 Å². The van der Waals surface area contributed by atoms with E-state index in [4.69, 9.17) is 0 Å². The van der Waals surface area contributed by atoms with Gasteiger partial charge in [0.2, 0.25) is 10.0 Å². The summed E-state index contributed by atoms with van der Waals surface area (Å²) in [5.74, 6) is -0.632. The molecule has 1 fully saturated rings. The predicted octanol–water partition coefficient (Wildman–Crippen LogP) is -1.45.